The van der Waals surface area contributed by atoms with Crippen LogP contribution in [0.15, 0.2) is 50.9 Å². The molecule has 0 heterocycles. The van der Waals surface area contributed by atoms with E-state index in [1.54, 1.807) is 12.1 Å². The van der Waals surface area contributed by atoms with Gasteiger partial charge in [-0.05, 0) is 61.7 Å². The van der Waals surface area contributed by atoms with E-state index in [0.717, 1.165) is 26.1 Å². The van der Waals surface area contributed by atoms with Crippen LogP contribution >= 0.6 is 27.7 Å². The van der Waals surface area contributed by atoms with Crippen molar-refractivity contribution in [1.29, 1.82) is 5.26 Å². The quantitative estimate of drug-likeness (QED) is 0.441. The summed E-state index contributed by atoms with van der Waals surface area (Å²) in [4.78, 5) is 13.1. The Balaban J connectivity index is 1.93. The first-order chi connectivity index (χ1) is 11.9. The molecule has 0 fully saturated rings. The Kier molecular flexibility index (Phi) is 6.80. The van der Waals surface area contributed by atoms with Gasteiger partial charge in [-0.2, -0.15) is 10.4 Å². The van der Waals surface area contributed by atoms with Gasteiger partial charge < -0.3 is 0 Å². The number of carbonyl (C=O) groups is 1. The number of carbonyl (C=O) groups excluding carboxylic acids is 1. The molecule has 0 saturated heterocycles. The molecule has 1 amide bonds. The molecule has 4 nitrogen and oxygen atoms in total. The molecule has 2 aromatic carbocycles. The average Bonchev–Trinajstić information content (AvgIpc) is 2.61. The summed E-state index contributed by atoms with van der Waals surface area (Å²) in [5.41, 5.74) is 7.01. The number of nitrogens with zero attached hydrogens (tertiary/aromatic N) is 2. The minimum Gasteiger partial charge on any atom is -0.272 e. The molecule has 0 aliphatic carbocycles. The monoisotopic (exact) mass is 415 g/mol. The molecule has 0 aliphatic heterocycles. The zero-order chi connectivity index (χ0) is 18.4. The van der Waals surface area contributed by atoms with Crippen molar-refractivity contribution >= 4 is 39.3 Å². The van der Waals surface area contributed by atoms with Gasteiger partial charge in [0.1, 0.15) is 0 Å². The van der Waals surface area contributed by atoms with Gasteiger partial charge in [-0.25, -0.2) is 5.43 Å². The lowest BCUT2D eigenvalue weighted by molar-refractivity contribution is -0.118. The van der Waals surface area contributed by atoms with Crippen molar-refractivity contribution in [2.24, 2.45) is 5.10 Å². The predicted molar refractivity (Wildman–Crippen MR) is 106 cm³/mol. The number of thioether (sulfide) groups is 1. The predicted octanol–water partition coefficient (Wildman–Crippen LogP) is 4.57. The van der Waals surface area contributed by atoms with Gasteiger partial charge >= 0.3 is 0 Å². The van der Waals surface area contributed by atoms with Crippen LogP contribution in [0.2, 0.25) is 0 Å². The number of hydrogen-bond acceptors (Lipinski definition) is 4. The lowest BCUT2D eigenvalue weighted by Crippen LogP contribution is -2.21. The Morgan fingerprint density at radius 2 is 1.92 bits per heavy atom. The molecule has 128 valence electrons. The highest BCUT2D eigenvalue weighted by Crippen LogP contribution is 2.28. The molecule has 0 saturated carbocycles. The summed E-state index contributed by atoms with van der Waals surface area (Å²) in [6.07, 6.45) is 0. The van der Waals surface area contributed by atoms with Crippen molar-refractivity contribution in [3.63, 3.8) is 0 Å². The van der Waals surface area contributed by atoms with E-state index in [1.165, 1.54) is 11.8 Å². The Morgan fingerprint density at radius 3 is 2.56 bits per heavy atom. The summed E-state index contributed by atoms with van der Waals surface area (Å²) in [5, 5.41) is 12.9. The van der Waals surface area contributed by atoms with Gasteiger partial charge in [-0.15, -0.1) is 11.8 Å². The van der Waals surface area contributed by atoms with Crippen LogP contribution in [-0.2, 0) is 4.79 Å². The van der Waals surface area contributed by atoms with Crippen LogP contribution in [0.3, 0.4) is 0 Å². The van der Waals surface area contributed by atoms with Crippen molar-refractivity contribution in [3.8, 4) is 6.07 Å². The fraction of sp³-hybridized carbons (Fsp3) is 0.211. The number of nitrogens with one attached hydrogen (secondary N) is 1. The maximum atomic E-state index is 12.0. The molecule has 0 spiro atoms. The van der Waals surface area contributed by atoms with E-state index in [1.807, 2.05) is 32.9 Å². The molecule has 2 rings (SSSR count). The van der Waals surface area contributed by atoms with Crippen LogP contribution in [-0.4, -0.2) is 17.4 Å². The Hall–Kier alpha value is -2.10. The van der Waals surface area contributed by atoms with Gasteiger partial charge in [0, 0.05) is 9.37 Å². The highest BCUT2D eigenvalue weighted by molar-refractivity contribution is 9.10. The van der Waals surface area contributed by atoms with E-state index < -0.39 is 0 Å². The second-order valence-corrected chi connectivity index (χ2v) is 7.45. The maximum Gasteiger partial charge on any atom is 0.250 e. The summed E-state index contributed by atoms with van der Waals surface area (Å²) in [6, 6.07) is 13.3. The third kappa shape index (κ3) is 5.45. The number of nitriles is 1. The smallest absolute Gasteiger partial charge is 0.250 e. The van der Waals surface area contributed by atoms with E-state index in [2.05, 4.69) is 44.7 Å². The summed E-state index contributed by atoms with van der Waals surface area (Å²) < 4.78 is 1.07. The van der Waals surface area contributed by atoms with E-state index in [0.29, 0.717) is 17.0 Å². The van der Waals surface area contributed by atoms with Crippen molar-refractivity contribution in [3.05, 3.63) is 63.1 Å². The highest BCUT2D eigenvalue weighted by Gasteiger charge is 2.07. The van der Waals surface area contributed by atoms with Gasteiger partial charge in [0.05, 0.1) is 23.1 Å². The first-order valence-electron chi connectivity index (χ1n) is 7.64. The molecule has 1 N–H and O–H groups in total. The Morgan fingerprint density at radius 1 is 1.24 bits per heavy atom. The molecule has 0 bridgehead atoms. The SMILES string of the molecule is CC(=NNC(=O)CSc1cc(C)c(Br)cc1C)c1ccc(C#N)cc1. The molecule has 6 heteroatoms. The van der Waals surface area contributed by atoms with E-state index in [4.69, 9.17) is 5.26 Å². The van der Waals surface area contributed by atoms with E-state index in [9.17, 15) is 4.79 Å². The summed E-state index contributed by atoms with van der Waals surface area (Å²) in [5.74, 6) is 0.143. The third-order valence-corrected chi connectivity index (χ3v) is 5.61. The number of amides is 1. The van der Waals surface area contributed by atoms with Gasteiger partial charge in [0.25, 0.3) is 0 Å². The molecule has 25 heavy (non-hydrogen) atoms. The topological polar surface area (TPSA) is 65.2 Å². The van der Waals surface area contributed by atoms with Crippen LogP contribution in [0.1, 0.15) is 29.2 Å². The highest BCUT2D eigenvalue weighted by atomic mass is 79.9. The molecule has 2 aromatic rings. The van der Waals surface area contributed by atoms with E-state index >= 15 is 0 Å². The van der Waals surface area contributed by atoms with Crippen LogP contribution in [0.5, 0.6) is 0 Å². The lowest BCUT2D eigenvalue weighted by Gasteiger charge is -2.08. The largest absolute Gasteiger partial charge is 0.272 e. The fourth-order valence-electron chi connectivity index (χ4n) is 2.08. The van der Waals surface area contributed by atoms with Gasteiger partial charge in [0.2, 0.25) is 5.91 Å². The minimum absolute atomic E-state index is 0.155. The third-order valence-electron chi connectivity index (χ3n) is 3.60. The molecule has 0 atom stereocenters. The molecule has 0 aromatic heterocycles. The zero-order valence-corrected chi connectivity index (χ0v) is 16.7. The standard InChI is InChI=1S/C19H18BrN3OS/c1-12-9-18(13(2)8-17(12)20)25-11-19(24)23-22-14(3)16-6-4-15(10-21)5-7-16/h4-9H,11H2,1-3H3,(H,23,24). The van der Waals surface area contributed by atoms with Crippen LogP contribution < -0.4 is 5.43 Å². The first-order valence-corrected chi connectivity index (χ1v) is 9.41. The molecular formula is C19H18BrN3OS. The second-order valence-electron chi connectivity index (χ2n) is 5.58. The van der Waals surface area contributed by atoms with E-state index in [-0.39, 0.29) is 5.91 Å². The van der Waals surface area contributed by atoms with Crippen LogP contribution in [0, 0.1) is 25.2 Å². The minimum atomic E-state index is -0.155. The number of benzene rings is 2. The lowest BCUT2D eigenvalue weighted by atomic mass is 10.1. The number of halogens is 1. The summed E-state index contributed by atoms with van der Waals surface area (Å²) >= 11 is 5.00. The molecular weight excluding hydrogens is 398 g/mol. The van der Waals surface area contributed by atoms with Gasteiger partial charge in [-0.1, -0.05) is 28.1 Å². The number of hydrogen-bond donors (Lipinski definition) is 1. The average molecular weight is 416 g/mol. The number of hydrazone groups is 1. The fourth-order valence-corrected chi connectivity index (χ4v) is 3.44. The maximum absolute atomic E-state index is 12.0. The number of aryl methyl sites for hydroxylation is 2. The Labute approximate surface area is 160 Å². The zero-order valence-electron chi connectivity index (χ0n) is 14.3. The van der Waals surface area contributed by atoms with Crippen LogP contribution in [0.25, 0.3) is 0 Å². The van der Waals surface area contributed by atoms with Crippen molar-refractivity contribution in [2.45, 2.75) is 25.7 Å². The number of rotatable bonds is 5. The van der Waals surface area contributed by atoms with Gasteiger partial charge in [-0.3, -0.25) is 4.79 Å². The molecule has 0 aliphatic rings. The van der Waals surface area contributed by atoms with Crippen molar-refractivity contribution in [2.75, 3.05) is 5.75 Å². The van der Waals surface area contributed by atoms with Crippen molar-refractivity contribution in [1.82, 2.24) is 5.43 Å². The van der Waals surface area contributed by atoms with Gasteiger partial charge in [0.15, 0.2) is 0 Å². The molecule has 0 radical (unpaired) electrons. The first kappa shape index (κ1) is 19.2. The summed E-state index contributed by atoms with van der Waals surface area (Å²) in [7, 11) is 0. The second kappa shape index (κ2) is 8.84. The Bertz CT molecular complexity index is 854. The van der Waals surface area contributed by atoms with Crippen LogP contribution in [0.4, 0.5) is 0 Å². The normalized spacial score (nSPS) is 11.1. The molecule has 0 unspecified atom stereocenters. The summed E-state index contributed by atoms with van der Waals surface area (Å²) in [6.45, 7) is 5.87. The van der Waals surface area contributed by atoms with Crippen molar-refractivity contribution < 1.29 is 4.79 Å².